The molecular formula is C18H17ClN2O5. The molecule has 2 rings (SSSR count). The average Bonchev–Trinajstić information content (AvgIpc) is 2.58. The molecule has 2 aromatic rings. The average molecular weight is 377 g/mol. The third-order valence-electron chi connectivity index (χ3n) is 2.98. The minimum absolute atomic E-state index is 0.220. The number of rotatable bonds is 7. The molecule has 0 aliphatic heterocycles. The van der Waals surface area contributed by atoms with Crippen molar-refractivity contribution in [1.82, 2.24) is 0 Å². The molecule has 0 unspecified atom stereocenters. The van der Waals surface area contributed by atoms with Gasteiger partial charge in [-0.05, 0) is 36.4 Å². The minimum atomic E-state index is -0.688. The lowest BCUT2D eigenvalue weighted by Gasteiger charge is -2.09. The number of halogens is 1. The molecule has 7 nitrogen and oxygen atoms in total. The predicted octanol–water partition coefficient (Wildman–Crippen LogP) is 2.86. The third kappa shape index (κ3) is 6.82. The highest BCUT2D eigenvalue weighted by Crippen LogP contribution is 2.17. The zero-order chi connectivity index (χ0) is 18.9. The van der Waals surface area contributed by atoms with Gasteiger partial charge in [0.1, 0.15) is 5.75 Å². The van der Waals surface area contributed by atoms with Crippen molar-refractivity contribution in [2.45, 2.75) is 6.92 Å². The summed E-state index contributed by atoms with van der Waals surface area (Å²) in [6, 6.07) is 13.2. The maximum absolute atomic E-state index is 11.8. The summed E-state index contributed by atoms with van der Waals surface area (Å²) in [6.07, 6.45) is 0. The van der Waals surface area contributed by atoms with Crippen LogP contribution in [0.4, 0.5) is 11.4 Å². The van der Waals surface area contributed by atoms with Gasteiger partial charge in [-0.2, -0.15) is 0 Å². The number of amides is 2. The molecule has 0 saturated carbocycles. The van der Waals surface area contributed by atoms with E-state index in [1.165, 1.54) is 6.92 Å². The fraction of sp³-hybridized carbons (Fsp3) is 0.167. The Labute approximate surface area is 155 Å². The van der Waals surface area contributed by atoms with Crippen LogP contribution in [0.3, 0.4) is 0 Å². The van der Waals surface area contributed by atoms with Crippen molar-refractivity contribution in [3.8, 4) is 5.75 Å². The maximum Gasteiger partial charge on any atom is 0.344 e. The van der Waals surface area contributed by atoms with E-state index in [-0.39, 0.29) is 12.5 Å². The van der Waals surface area contributed by atoms with E-state index in [9.17, 15) is 14.4 Å². The van der Waals surface area contributed by atoms with Crippen LogP contribution in [0.2, 0.25) is 5.02 Å². The summed E-state index contributed by atoms with van der Waals surface area (Å²) in [7, 11) is 0. The number of carbonyl (C=O) groups excluding carboxylic acids is 3. The number of esters is 1. The van der Waals surface area contributed by atoms with E-state index in [2.05, 4.69) is 10.6 Å². The predicted molar refractivity (Wildman–Crippen MR) is 97.3 cm³/mol. The first-order valence-corrected chi connectivity index (χ1v) is 8.01. The van der Waals surface area contributed by atoms with E-state index < -0.39 is 18.5 Å². The lowest BCUT2D eigenvalue weighted by Crippen LogP contribution is -2.23. The molecule has 26 heavy (non-hydrogen) atoms. The summed E-state index contributed by atoms with van der Waals surface area (Å²) in [5.41, 5.74) is 1.01. The number of carbonyl (C=O) groups is 3. The molecule has 2 aromatic carbocycles. The van der Waals surface area contributed by atoms with Crippen LogP contribution in [-0.4, -0.2) is 31.0 Å². The first-order valence-electron chi connectivity index (χ1n) is 7.64. The van der Waals surface area contributed by atoms with E-state index >= 15 is 0 Å². The van der Waals surface area contributed by atoms with Gasteiger partial charge in [-0.1, -0.05) is 23.7 Å². The molecule has 2 N–H and O–H groups in total. The Bertz CT molecular complexity index is 810. The summed E-state index contributed by atoms with van der Waals surface area (Å²) in [6.45, 7) is 0.587. The van der Waals surface area contributed by atoms with E-state index in [0.717, 1.165) is 0 Å². The van der Waals surface area contributed by atoms with Gasteiger partial charge in [0.05, 0.1) is 0 Å². The molecule has 0 saturated heterocycles. The highest BCUT2D eigenvalue weighted by molar-refractivity contribution is 6.30. The number of ether oxygens (including phenoxy) is 2. The van der Waals surface area contributed by atoms with Gasteiger partial charge in [0.15, 0.2) is 13.2 Å². The number of hydrogen-bond donors (Lipinski definition) is 2. The lowest BCUT2D eigenvalue weighted by atomic mass is 10.2. The molecule has 0 heterocycles. The number of benzene rings is 2. The third-order valence-corrected chi connectivity index (χ3v) is 3.22. The van der Waals surface area contributed by atoms with Gasteiger partial charge in [0.25, 0.3) is 5.91 Å². The molecule has 0 aromatic heterocycles. The van der Waals surface area contributed by atoms with Crippen molar-refractivity contribution in [3.05, 3.63) is 53.6 Å². The Morgan fingerprint density at radius 3 is 2.35 bits per heavy atom. The quantitative estimate of drug-likeness (QED) is 0.725. The summed E-state index contributed by atoms with van der Waals surface area (Å²) >= 11 is 5.81. The smallest absolute Gasteiger partial charge is 0.344 e. The second kappa shape index (κ2) is 9.43. The zero-order valence-electron chi connectivity index (χ0n) is 14.0. The molecule has 0 spiro atoms. The van der Waals surface area contributed by atoms with Crippen LogP contribution >= 0.6 is 11.6 Å². The van der Waals surface area contributed by atoms with Crippen molar-refractivity contribution in [1.29, 1.82) is 0 Å². The van der Waals surface area contributed by atoms with E-state index in [1.54, 1.807) is 48.5 Å². The standard InChI is InChI=1S/C18H17ClN2O5/c1-12(22)20-14-5-3-6-15(9-14)21-17(23)10-26-18(24)11-25-16-7-2-4-13(19)8-16/h2-9H,10-11H2,1H3,(H,20,22)(H,21,23). The van der Waals surface area contributed by atoms with Gasteiger partial charge < -0.3 is 20.1 Å². The van der Waals surface area contributed by atoms with Crippen molar-refractivity contribution in [3.63, 3.8) is 0 Å². The first-order chi connectivity index (χ1) is 12.4. The SMILES string of the molecule is CC(=O)Nc1cccc(NC(=O)COC(=O)COc2cccc(Cl)c2)c1. The second-order valence-corrected chi connectivity index (χ2v) is 5.65. The van der Waals surface area contributed by atoms with Crippen LogP contribution in [0.15, 0.2) is 48.5 Å². The molecule has 0 aliphatic rings. The molecule has 0 radical (unpaired) electrons. The monoisotopic (exact) mass is 376 g/mol. The molecular weight excluding hydrogens is 360 g/mol. The van der Waals surface area contributed by atoms with Gasteiger partial charge in [-0.3, -0.25) is 9.59 Å². The first kappa shape index (κ1) is 19.3. The van der Waals surface area contributed by atoms with Crippen molar-refractivity contribution in [2.75, 3.05) is 23.8 Å². The van der Waals surface area contributed by atoms with Gasteiger partial charge in [-0.15, -0.1) is 0 Å². The van der Waals surface area contributed by atoms with Crippen LogP contribution in [0.25, 0.3) is 0 Å². The van der Waals surface area contributed by atoms with Crippen LogP contribution in [-0.2, 0) is 19.1 Å². The van der Waals surface area contributed by atoms with E-state index in [0.29, 0.717) is 22.1 Å². The van der Waals surface area contributed by atoms with Gasteiger partial charge in [0.2, 0.25) is 5.91 Å². The summed E-state index contributed by atoms with van der Waals surface area (Å²) in [5, 5.41) is 5.65. The highest BCUT2D eigenvalue weighted by Gasteiger charge is 2.09. The van der Waals surface area contributed by atoms with Crippen molar-refractivity contribution < 1.29 is 23.9 Å². The van der Waals surface area contributed by atoms with Crippen LogP contribution in [0, 0.1) is 0 Å². The van der Waals surface area contributed by atoms with Crippen molar-refractivity contribution >= 4 is 40.8 Å². The summed E-state index contributed by atoms with van der Waals surface area (Å²) in [4.78, 5) is 34.5. The molecule has 0 atom stereocenters. The summed E-state index contributed by atoms with van der Waals surface area (Å²) in [5.74, 6) is -0.996. The van der Waals surface area contributed by atoms with Gasteiger partial charge >= 0.3 is 5.97 Å². The van der Waals surface area contributed by atoms with Gasteiger partial charge in [0, 0.05) is 23.3 Å². The second-order valence-electron chi connectivity index (χ2n) is 5.22. The van der Waals surface area contributed by atoms with Gasteiger partial charge in [-0.25, -0.2) is 4.79 Å². The zero-order valence-corrected chi connectivity index (χ0v) is 14.7. The molecule has 0 fully saturated rings. The fourth-order valence-electron chi connectivity index (χ4n) is 1.96. The number of anilines is 2. The van der Waals surface area contributed by atoms with E-state index in [1.807, 2.05) is 0 Å². The lowest BCUT2D eigenvalue weighted by molar-refractivity contribution is -0.149. The Balaban J connectivity index is 1.76. The number of hydrogen-bond acceptors (Lipinski definition) is 5. The highest BCUT2D eigenvalue weighted by atomic mass is 35.5. The van der Waals surface area contributed by atoms with E-state index in [4.69, 9.17) is 21.1 Å². The molecule has 136 valence electrons. The molecule has 0 aliphatic carbocycles. The number of nitrogens with one attached hydrogen (secondary N) is 2. The Kier molecular flexibility index (Phi) is 6.99. The largest absolute Gasteiger partial charge is 0.482 e. The Hall–Kier alpha value is -3.06. The Morgan fingerprint density at radius 1 is 0.962 bits per heavy atom. The molecule has 0 bridgehead atoms. The van der Waals surface area contributed by atoms with Crippen molar-refractivity contribution in [2.24, 2.45) is 0 Å². The van der Waals surface area contributed by atoms with Crippen LogP contribution in [0.1, 0.15) is 6.92 Å². The minimum Gasteiger partial charge on any atom is -0.482 e. The topological polar surface area (TPSA) is 93.7 Å². The summed E-state index contributed by atoms with van der Waals surface area (Å²) < 4.78 is 10.1. The maximum atomic E-state index is 11.8. The Morgan fingerprint density at radius 2 is 1.65 bits per heavy atom. The molecule has 2 amide bonds. The normalized spacial score (nSPS) is 9.92. The fourth-order valence-corrected chi connectivity index (χ4v) is 2.14. The molecule has 8 heteroatoms. The van der Waals surface area contributed by atoms with Crippen LogP contribution < -0.4 is 15.4 Å². The van der Waals surface area contributed by atoms with Crippen LogP contribution in [0.5, 0.6) is 5.75 Å².